The summed E-state index contributed by atoms with van der Waals surface area (Å²) in [5.74, 6) is -0.660. The van der Waals surface area contributed by atoms with E-state index in [0.29, 0.717) is 12.8 Å². The molecule has 0 aliphatic heterocycles. The third-order valence-corrected chi connectivity index (χ3v) is 8.91. The van der Waals surface area contributed by atoms with Crippen LogP contribution < -0.4 is 0 Å². The highest BCUT2D eigenvalue weighted by molar-refractivity contribution is 5.69. The van der Waals surface area contributed by atoms with E-state index in [9.17, 15) is 9.59 Å². The molecule has 0 radical (unpaired) electrons. The van der Waals surface area contributed by atoms with Gasteiger partial charge in [-0.3, -0.25) is 9.59 Å². The second kappa shape index (κ2) is 36.9. The van der Waals surface area contributed by atoms with Crippen LogP contribution in [0.2, 0.25) is 0 Å². The van der Waals surface area contributed by atoms with E-state index < -0.39 is 5.97 Å². The fraction of sp³-hybridized carbons (Fsp3) is 0.854. The van der Waals surface area contributed by atoms with E-state index in [2.05, 4.69) is 38.2 Å². The summed E-state index contributed by atoms with van der Waals surface area (Å²) in [6.07, 6.45) is 46.9. The van der Waals surface area contributed by atoms with Crippen LogP contribution in [0.5, 0.6) is 0 Å². The zero-order valence-corrected chi connectivity index (χ0v) is 30.2. The highest BCUT2D eigenvalue weighted by atomic mass is 16.5. The smallest absolute Gasteiger partial charge is 0.306 e. The lowest BCUT2D eigenvalue weighted by Crippen LogP contribution is -2.18. The van der Waals surface area contributed by atoms with Crippen LogP contribution in [0, 0.1) is 0 Å². The minimum atomic E-state index is -0.676. The van der Waals surface area contributed by atoms with Crippen LogP contribution >= 0.6 is 0 Å². The van der Waals surface area contributed by atoms with E-state index >= 15 is 0 Å². The van der Waals surface area contributed by atoms with Gasteiger partial charge in [0.2, 0.25) is 0 Å². The monoisotopic (exact) mass is 633 g/mol. The van der Waals surface area contributed by atoms with E-state index in [-0.39, 0.29) is 12.1 Å². The Labute approximate surface area is 280 Å². The molecular weight excluding hydrogens is 556 g/mol. The first kappa shape index (κ1) is 43.4. The predicted molar refractivity (Wildman–Crippen MR) is 195 cm³/mol. The third-order valence-electron chi connectivity index (χ3n) is 8.91. The van der Waals surface area contributed by atoms with Gasteiger partial charge in [0.25, 0.3) is 0 Å². The number of rotatable bonds is 36. The average Bonchev–Trinajstić information content (AvgIpc) is 3.02. The van der Waals surface area contributed by atoms with Crippen LogP contribution in [-0.2, 0) is 14.3 Å². The van der Waals surface area contributed by atoms with Crippen molar-refractivity contribution in [3.63, 3.8) is 0 Å². The summed E-state index contributed by atoms with van der Waals surface area (Å²) in [5.41, 5.74) is 0. The lowest BCUT2D eigenvalue weighted by atomic mass is 10.0. The van der Waals surface area contributed by atoms with Gasteiger partial charge in [0, 0.05) is 12.8 Å². The number of allylic oxidation sites excluding steroid dienone is 4. The van der Waals surface area contributed by atoms with Gasteiger partial charge in [0.15, 0.2) is 0 Å². The lowest BCUT2D eigenvalue weighted by Gasteiger charge is -2.17. The lowest BCUT2D eigenvalue weighted by molar-refractivity contribution is -0.150. The topological polar surface area (TPSA) is 63.6 Å². The molecule has 4 nitrogen and oxygen atoms in total. The Hall–Kier alpha value is -1.58. The van der Waals surface area contributed by atoms with Crippen molar-refractivity contribution in [2.75, 3.05) is 0 Å². The summed E-state index contributed by atoms with van der Waals surface area (Å²) >= 11 is 0. The molecule has 45 heavy (non-hydrogen) atoms. The van der Waals surface area contributed by atoms with Crippen molar-refractivity contribution in [3.8, 4) is 0 Å². The summed E-state index contributed by atoms with van der Waals surface area (Å²) in [7, 11) is 0. The Balaban J connectivity index is 3.51. The quantitative estimate of drug-likeness (QED) is 0.0424. The van der Waals surface area contributed by atoms with Crippen LogP contribution in [-0.4, -0.2) is 23.1 Å². The van der Waals surface area contributed by atoms with Gasteiger partial charge >= 0.3 is 11.9 Å². The molecule has 0 aromatic rings. The van der Waals surface area contributed by atoms with Gasteiger partial charge in [-0.1, -0.05) is 167 Å². The predicted octanol–water partition coefficient (Wildman–Crippen LogP) is 13.6. The van der Waals surface area contributed by atoms with E-state index in [1.807, 2.05) is 0 Å². The molecule has 0 aromatic carbocycles. The molecule has 0 rings (SSSR count). The first-order valence-corrected chi connectivity index (χ1v) is 19.8. The second-order valence-corrected chi connectivity index (χ2v) is 13.5. The molecule has 0 aromatic heterocycles. The molecule has 1 N–H and O–H groups in total. The van der Waals surface area contributed by atoms with Crippen LogP contribution in [0.4, 0.5) is 0 Å². The van der Waals surface area contributed by atoms with Gasteiger partial charge < -0.3 is 9.84 Å². The number of ether oxygens (including phenoxy) is 1. The van der Waals surface area contributed by atoms with Crippen molar-refractivity contribution in [1.29, 1.82) is 0 Å². The Morgan fingerprint density at radius 1 is 0.489 bits per heavy atom. The minimum Gasteiger partial charge on any atom is -0.481 e. The minimum absolute atomic E-state index is 0.0157. The molecule has 0 bridgehead atoms. The number of carboxylic acid groups (broad SMARTS) is 1. The van der Waals surface area contributed by atoms with Crippen molar-refractivity contribution in [2.24, 2.45) is 0 Å². The summed E-state index contributed by atoms with van der Waals surface area (Å²) < 4.78 is 5.86. The molecule has 0 aliphatic rings. The van der Waals surface area contributed by atoms with Crippen molar-refractivity contribution in [1.82, 2.24) is 0 Å². The van der Waals surface area contributed by atoms with Crippen LogP contribution in [0.25, 0.3) is 0 Å². The molecule has 1 atom stereocenters. The van der Waals surface area contributed by atoms with Gasteiger partial charge in [-0.05, 0) is 64.2 Å². The van der Waals surface area contributed by atoms with Crippen LogP contribution in [0.3, 0.4) is 0 Å². The fourth-order valence-electron chi connectivity index (χ4n) is 6.03. The molecule has 0 spiro atoms. The number of carboxylic acids is 1. The van der Waals surface area contributed by atoms with Crippen LogP contribution in [0.1, 0.15) is 219 Å². The number of unbranched alkanes of at least 4 members (excludes halogenated alkanes) is 23. The first-order chi connectivity index (χ1) is 22.1. The number of aliphatic carboxylic acids is 1. The molecule has 0 fully saturated rings. The van der Waals surface area contributed by atoms with Gasteiger partial charge in [-0.2, -0.15) is 0 Å². The van der Waals surface area contributed by atoms with Crippen molar-refractivity contribution >= 4 is 11.9 Å². The van der Waals surface area contributed by atoms with Gasteiger partial charge in [-0.15, -0.1) is 0 Å². The highest BCUT2D eigenvalue weighted by Crippen LogP contribution is 2.17. The number of hydrogen-bond donors (Lipinski definition) is 1. The van der Waals surface area contributed by atoms with Crippen molar-refractivity contribution < 1.29 is 19.4 Å². The molecular formula is C41H76O4. The Kier molecular flexibility index (Phi) is 35.6. The summed E-state index contributed by atoms with van der Waals surface area (Å²) in [5, 5.41) is 8.67. The maximum Gasteiger partial charge on any atom is 0.306 e. The zero-order chi connectivity index (χ0) is 32.9. The Morgan fingerprint density at radius 3 is 1.38 bits per heavy atom. The molecule has 0 amide bonds. The van der Waals surface area contributed by atoms with Crippen molar-refractivity contribution in [3.05, 3.63) is 24.3 Å². The molecule has 4 heteroatoms. The second-order valence-electron chi connectivity index (χ2n) is 13.5. The van der Waals surface area contributed by atoms with E-state index in [1.54, 1.807) is 0 Å². The number of hydrogen-bond acceptors (Lipinski definition) is 3. The number of esters is 1. The zero-order valence-electron chi connectivity index (χ0n) is 30.2. The normalized spacial score (nSPS) is 12.4. The summed E-state index contributed by atoms with van der Waals surface area (Å²) in [6.45, 7) is 4.44. The molecule has 0 saturated heterocycles. The Morgan fingerprint density at radius 2 is 0.911 bits per heavy atom. The average molecular weight is 633 g/mol. The first-order valence-electron chi connectivity index (χ1n) is 19.8. The fourth-order valence-corrected chi connectivity index (χ4v) is 6.03. The molecule has 264 valence electrons. The largest absolute Gasteiger partial charge is 0.481 e. The van der Waals surface area contributed by atoms with Crippen LogP contribution in [0.15, 0.2) is 24.3 Å². The summed E-state index contributed by atoms with van der Waals surface area (Å²) in [4.78, 5) is 22.9. The van der Waals surface area contributed by atoms with Gasteiger partial charge in [0.05, 0.1) is 0 Å². The number of carbonyl (C=O) groups is 2. The van der Waals surface area contributed by atoms with E-state index in [1.165, 1.54) is 128 Å². The molecule has 0 heterocycles. The van der Waals surface area contributed by atoms with Gasteiger partial charge in [0.1, 0.15) is 6.10 Å². The maximum atomic E-state index is 12.4. The highest BCUT2D eigenvalue weighted by Gasteiger charge is 2.13. The standard InChI is InChI=1S/C41H76O4/c1-3-5-6-7-8-9-10-11-12-13-14-15-16-17-18-19-20-25-28-31-34-38-41(44)45-39(35-4-2)36-32-29-26-23-21-22-24-27-30-33-37-40(42)43/h8-9,11-12,39H,3-7,10,13-38H2,1-2H3,(H,42,43)/b9-8-,12-11-. The van der Waals surface area contributed by atoms with E-state index in [4.69, 9.17) is 9.84 Å². The third kappa shape index (κ3) is 36.8. The molecule has 1 unspecified atom stereocenters. The van der Waals surface area contributed by atoms with E-state index in [0.717, 1.165) is 64.2 Å². The van der Waals surface area contributed by atoms with Crippen molar-refractivity contribution in [2.45, 2.75) is 225 Å². The Bertz CT molecular complexity index is 683. The number of carbonyl (C=O) groups excluding carboxylic acids is 1. The molecule has 0 saturated carbocycles. The molecule has 0 aliphatic carbocycles. The van der Waals surface area contributed by atoms with Gasteiger partial charge in [-0.25, -0.2) is 0 Å². The SMILES string of the molecule is CCCCC/C=C\C/C=C\CCCCCCCCCCCCCC(=O)OC(CCC)CCCCCCCCCCCCC(=O)O. The summed E-state index contributed by atoms with van der Waals surface area (Å²) in [6, 6.07) is 0. The maximum absolute atomic E-state index is 12.4.